The van der Waals surface area contributed by atoms with Crippen LogP contribution in [0.3, 0.4) is 0 Å². The highest BCUT2D eigenvalue weighted by Gasteiger charge is 2.30. The first kappa shape index (κ1) is 21.8. The van der Waals surface area contributed by atoms with Crippen molar-refractivity contribution in [2.45, 2.75) is 32.4 Å². The number of rotatable bonds is 5. The molecular weight excluding hydrogens is 410 g/mol. The lowest BCUT2D eigenvalue weighted by Gasteiger charge is -2.40. The van der Waals surface area contributed by atoms with Gasteiger partial charge in [0.05, 0.1) is 18.3 Å². The molecule has 2 heterocycles. The van der Waals surface area contributed by atoms with E-state index in [2.05, 4.69) is 63.3 Å². The molecule has 33 heavy (non-hydrogen) atoms. The maximum absolute atomic E-state index is 12.0. The van der Waals surface area contributed by atoms with E-state index in [1.807, 2.05) is 19.1 Å². The zero-order chi connectivity index (χ0) is 22.6. The van der Waals surface area contributed by atoms with Gasteiger partial charge in [0, 0.05) is 32.7 Å². The Bertz CT molecular complexity index is 1070. The molecule has 5 heteroatoms. The van der Waals surface area contributed by atoms with Crippen LogP contribution in [0.25, 0.3) is 0 Å². The van der Waals surface area contributed by atoms with E-state index in [0.29, 0.717) is 18.3 Å². The summed E-state index contributed by atoms with van der Waals surface area (Å²) in [6.07, 6.45) is 2.21. The molecule has 0 amide bonds. The number of esters is 1. The lowest BCUT2D eigenvalue weighted by molar-refractivity contribution is 0.0518. The Hall–Kier alpha value is -3.02. The Kier molecular flexibility index (Phi) is 6.51. The topological polar surface area (TPSA) is 45.7 Å². The molecule has 1 saturated heterocycles. The van der Waals surface area contributed by atoms with E-state index < -0.39 is 0 Å². The summed E-state index contributed by atoms with van der Waals surface area (Å²) < 4.78 is 5.10. The van der Waals surface area contributed by atoms with E-state index in [9.17, 15) is 4.79 Å². The van der Waals surface area contributed by atoms with Gasteiger partial charge in [0.25, 0.3) is 0 Å². The largest absolute Gasteiger partial charge is 0.461 e. The van der Waals surface area contributed by atoms with Crippen LogP contribution in [0.4, 0.5) is 0 Å². The standard InChI is InChI=1S/C28H31N3O2/c1-2-33-28(32)26-13-7-10-23(29-26)20-30-16-18-31(19-17-30)27-24-11-5-3-8-21(24)14-15-22-9-4-6-12-25(22)27/h3-13,27H,2,14-20H2,1H3. The summed E-state index contributed by atoms with van der Waals surface area (Å²) in [6.45, 7) is 6.89. The average molecular weight is 442 g/mol. The van der Waals surface area contributed by atoms with Gasteiger partial charge < -0.3 is 4.74 Å². The van der Waals surface area contributed by atoms with Gasteiger partial charge in [0.1, 0.15) is 5.69 Å². The van der Waals surface area contributed by atoms with E-state index in [1.165, 1.54) is 22.3 Å². The maximum atomic E-state index is 12.0. The number of aryl methyl sites for hydroxylation is 2. The summed E-state index contributed by atoms with van der Waals surface area (Å²) in [5.74, 6) is -0.352. The van der Waals surface area contributed by atoms with Crippen LogP contribution in [0.15, 0.2) is 66.7 Å². The summed E-state index contributed by atoms with van der Waals surface area (Å²) in [4.78, 5) is 21.6. The highest BCUT2D eigenvalue weighted by molar-refractivity contribution is 5.87. The van der Waals surface area contributed by atoms with Gasteiger partial charge in [-0.15, -0.1) is 0 Å². The van der Waals surface area contributed by atoms with Crippen molar-refractivity contribution in [2.75, 3.05) is 32.8 Å². The second kappa shape index (κ2) is 9.86. The highest BCUT2D eigenvalue weighted by Crippen LogP contribution is 2.37. The van der Waals surface area contributed by atoms with E-state index in [0.717, 1.165) is 51.3 Å². The third-order valence-electron chi connectivity index (χ3n) is 6.81. The Labute approximate surface area is 196 Å². The summed E-state index contributed by atoms with van der Waals surface area (Å²) in [7, 11) is 0. The van der Waals surface area contributed by atoms with Gasteiger partial charge in [0.2, 0.25) is 0 Å². The van der Waals surface area contributed by atoms with Crippen LogP contribution in [-0.2, 0) is 24.1 Å². The Morgan fingerprint density at radius 3 is 2.15 bits per heavy atom. The minimum atomic E-state index is -0.352. The number of ether oxygens (including phenoxy) is 1. The molecule has 170 valence electrons. The lowest BCUT2D eigenvalue weighted by atomic mass is 9.92. The fraction of sp³-hybridized carbons (Fsp3) is 0.357. The number of benzene rings is 2. The van der Waals surface area contributed by atoms with Crippen molar-refractivity contribution >= 4 is 5.97 Å². The van der Waals surface area contributed by atoms with Crippen molar-refractivity contribution in [2.24, 2.45) is 0 Å². The average Bonchev–Trinajstić information content (AvgIpc) is 3.02. The van der Waals surface area contributed by atoms with Crippen molar-refractivity contribution < 1.29 is 9.53 Å². The Balaban J connectivity index is 1.31. The molecular formula is C28H31N3O2. The van der Waals surface area contributed by atoms with Gasteiger partial charge >= 0.3 is 5.97 Å². The molecule has 0 N–H and O–H groups in total. The monoisotopic (exact) mass is 441 g/mol. The fourth-order valence-electron chi connectivity index (χ4n) is 5.18. The summed E-state index contributed by atoms with van der Waals surface area (Å²) in [6, 6.07) is 23.8. The molecule has 2 aromatic carbocycles. The van der Waals surface area contributed by atoms with Gasteiger partial charge in [-0.2, -0.15) is 0 Å². The van der Waals surface area contributed by atoms with Crippen LogP contribution >= 0.6 is 0 Å². The second-order valence-electron chi connectivity index (χ2n) is 8.85. The summed E-state index contributed by atoms with van der Waals surface area (Å²) >= 11 is 0. The molecule has 5 nitrogen and oxygen atoms in total. The molecule has 1 aliphatic carbocycles. The number of carbonyl (C=O) groups excluding carboxylic acids is 1. The minimum absolute atomic E-state index is 0.312. The zero-order valence-electron chi connectivity index (χ0n) is 19.2. The number of hydrogen-bond donors (Lipinski definition) is 0. The van der Waals surface area contributed by atoms with Gasteiger partial charge in [-0.05, 0) is 54.2 Å². The fourth-order valence-corrected chi connectivity index (χ4v) is 5.18. The van der Waals surface area contributed by atoms with Crippen molar-refractivity contribution in [3.63, 3.8) is 0 Å². The predicted molar refractivity (Wildman–Crippen MR) is 129 cm³/mol. The van der Waals surface area contributed by atoms with E-state index in [1.54, 1.807) is 6.07 Å². The predicted octanol–water partition coefficient (Wildman–Crippen LogP) is 4.26. The first-order valence-corrected chi connectivity index (χ1v) is 12.0. The van der Waals surface area contributed by atoms with Crippen LogP contribution in [0.2, 0.25) is 0 Å². The van der Waals surface area contributed by atoms with Crippen LogP contribution in [0.5, 0.6) is 0 Å². The molecule has 0 unspecified atom stereocenters. The third-order valence-corrected chi connectivity index (χ3v) is 6.81. The molecule has 0 atom stereocenters. The Morgan fingerprint density at radius 1 is 0.879 bits per heavy atom. The number of hydrogen-bond acceptors (Lipinski definition) is 5. The van der Waals surface area contributed by atoms with Crippen molar-refractivity contribution in [3.05, 3.63) is 100 Å². The quantitative estimate of drug-likeness (QED) is 0.554. The smallest absolute Gasteiger partial charge is 0.356 e. The normalized spacial score (nSPS) is 17.1. The number of pyridine rings is 1. The molecule has 0 spiro atoms. The lowest BCUT2D eigenvalue weighted by Crippen LogP contribution is -2.47. The minimum Gasteiger partial charge on any atom is -0.461 e. The maximum Gasteiger partial charge on any atom is 0.356 e. The molecule has 0 radical (unpaired) electrons. The molecule has 3 aromatic rings. The van der Waals surface area contributed by atoms with Crippen molar-refractivity contribution in [3.8, 4) is 0 Å². The van der Waals surface area contributed by atoms with Gasteiger partial charge in [-0.25, -0.2) is 9.78 Å². The molecule has 2 aliphatic rings. The first-order chi connectivity index (χ1) is 16.2. The SMILES string of the molecule is CCOC(=O)c1cccc(CN2CCN(C3c4ccccc4CCc4ccccc43)CC2)n1. The Morgan fingerprint density at radius 2 is 1.52 bits per heavy atom. The van der Waals surface area contributed by atoms with Crippen LogP contribution in [-0.4, -0.2) is 53.5 Å². The molecule has 1 aliphatic heterocycles. The highest BCUT2D eigenvalue weighted by atomic mass is 16.5. The molecule has 1 aromatic heterocycles. The zero-order valence-corrected chi connectivity index (χ0v) is 19.2. The van der Waals surface area contributed by atoms with E-state index >= 15 is 0 Å². The summed E-state index contributed by atoms with van der Waals surface area (Å²) in [5.41, 5.74) is 7.17. The number of aromatic nitrogens is 1. The van der Waals surface area contributed by atoms with E-state index in [-0.39, 0.29) is 5.97 Å². The van der Waals surface area contributed by atoms with Gasteiger partial charge in [-0.3, -0.25) is 9.80 Å². The third kappa shape index (κ3) is 4.70. The summed E-state index contributed by atoms with van der Waals surface area (Å²) in [5, 5.41) is 0. The van der Waals surface area contributed by atoms with Crippen molar-refractivity contribution in [1.82, 2.24) is 14.8 Å². The van der Waals surface area contributed by atoms with E-state index in [4.69, 9.17) is 4.74 Å². The number of nitrogens with zero attached hydrogens (tertiary/aromatic N) is 3. The number of fused-ring (bicyclic) bond motifs is 2. The van der Waals surface area contributed by atoms with Crippen molar-refractivity contribution in [1.29, 1.82) is 0 Å². The second-order valence-corrected chi connectivity index (χ2v) is 8.85. The van der Waals surface area contributed by atoms with Gasteiger partial charge in [0.15, 0.2) is 0 Å². The number of carbonyl (C=O) groups is 1. The van der Waals surface area contributed by atoms with Crippen LogP contribution in [0.1, 0.15) is 51.4 Å². The molecule has 5 rings (SSSR count). The van der Waals surface area contributed by atoms with Crippen LogP contribution < -0.4 is 0 Å². The molecule has 0 saturated carbocycles. The number of piperazine rings is 1. The molecule has 0 bridgehead atoms. The molecule has 1 fully saturated rings. The first-order valence-electron chi connectivity index (χ1n) is 12.0. The van der Waals surface area contributed by atoms with Crippen LogP contribution in [0, 0.1) is 0 Å². The van der Waals surface area contributed by atoms with Gasteiger partial charge in [-0.1, -0.05) is 54.6 Å².